The number of carbonyl (C=O) groups excluding carboxylic acids is 3. The Morgan fingerprint density at radius 1 is 1.29 bits per heavy atom. The maximum absolute atomic E-state index is 13.0. The van der Waals surface area contributed by atoms with E-state index in [4.69, 9.17) is 0 Å². The summed E-state index contributed by atoms with van der Waals surface area (Å²) in [6, 6.07) is 3.64. The number of nitrogens with one attached hydrogen (secondary N) is 1. The summed E-state index contributed by atoms with van der Waals surface area (Å²) in [7, 11) is 0. The molecule has 0 saturated carbocycles. The fourth-order valence-corrected chi connectivity index (χ4v) is 3.22. The lowest BCUT2D eigenvalue weighted by Gasteiger charge is -2.31. The van der Waals surface area contributed by atoms with Gasteiger partial charge >= 0.3 is 6.03 Å². The van der Waals surface area contributed by atoms with Crippen molar-refractivity contribution in [3.63, 3.8) is 0 Å². The van der Waals surface area contributed by atoms with Gasteiger partial charge in [-0.2, -0.15) is 0 Å². The van der Waals surface area contributed by atoms with Gasteiger partial charge in [-0.1, -0.05) is 6.92 Å². The zero-order valence-electron chi connectivity index (χ0n) is 13.5. The van der Waals surface area contributed by atoms with Gasteiger partial charge in [0.05, 0.1) is 12.1 Å². The van der Waals surface area contributed by atoms with Crippen LogP contribution in [0.5, 0.6) is 0 Å². The summed E-state index contributed by atoms with van der Waals surface area (Å²) >= 11 is 0. The number of urea groups is 1. The van der Waals surface area contributed by atoms with E-state index < -0.39 is 23.8 Å². The summed E-state index contributed by atoms with van der Waals surface area (Å²) < 4.78 is 13.0. The molecule has 1 aromatic rings. The van der Waals surface area contributed by atoms with Crippen molar-refractivity contribution >= 4 is 23.5 Å². The molecule has 0 radical (unpaired) electrons. The Morgan fingerprint density at radius 3 is 2.67 bits per heavy atom. The standard InChI is InChI=1S/C17H20FN3O3/c1-11-3-2-8-20(10-11)15(22)9-14-16(23)21(17(24)19-14)13-6-4-12(18)5-7-13/h4-7,11,14H,2-3,8-10H2,1H3,(H,19,24)/t11-,14+/m0/s1. The summed E-state index contributed by atoms with van der Waals surface area (Å²) in [5.41, 5.74) is 0.292. The first-order valence-electron chi connectivity index (χ1n) is 8.13. The summed E-state index contributed by atoms with van der Waals surface area (Å²) in [6.45, 7) is 3.48. The lowest BCUT2D eigenvalue weighted by molar-refractivity contribution is -0.135. The molecule has 0 aromatic heterocycles. The minimum absolute atomic E-state index is 0.0466. The van der Waals surface area contributed by atoms with Crippen LogP contribution in [0.1, 0.15) is 26.2 Å². The smallest absolute Gasteiger partial charge is 0.329 e. The first kappa shape index (κ1) is 16.4. The van der Waals surface area contributed by atoms with Crippen LogP contribution < -0.4 is 10.2 Å². The van der Waals surface area contributed by atoms with Crippen molar-refractivity contribution in [2.24, 2.45) is 5.92 Å². The number of rotatable bonds is 3. The Kier molecular flexibility index (Phi) is 4.51. The Balaban J connectivity index is 1.67. The fraction of sp³-hybridized carbons (Fsp3) is 0.471. The third kappa shape index (κ3) is 3.25. The number of nitrogens with zero attached hydrogens (tertiary/aromatic N) is 2. The van der Waals surface area contributed by atoms with Gasteiger partial charge in [0.25, 0.3) is 5.91 Å². The molecule has 2 saturated heterocycles. The van der Waals surface area contributed by atoms with Crippen molar-refractivity contribution in [2.75, 3.05) is 18.0 Å². The molecule has 2 atom stereocenters. The van der Waals surface area contributed by atoms with Crippen molar-refractivity contribution in [2.45, 2.75) is 32.2 Å². The van der Waals surface area contributed by atoms with Gasteiger partial charge in [-0.15, -0.1) is 0 Å². The molecule has 2 fully saturated rings. The molecule has 2 aliphatic rings. The third-order valence-corrected chi connectivity index (χ3v) is 4.49. The second kappa shape index (κ2) is 6.59. The second-order valence-electron chi connectivity index (χ2n) is 6.44. The normalized spacial score (nSPS) is 24.2. The van der Waals surface area contributed by atoms with Gasteiger partial charge in [-0.05, 0) is 43.0 Å². The number of benzene rings is 1. The summed E-state index contributed by atoms with van der Waals surface area (Å²) in [5, 5.41) is 2.54. The van der Waals surface area contributed by atoms with Gasteiger partial charge in [0.2, 0.25) is 5.91 Å². The lowest BCUT2D eigenvalue weighted by atomic mass is 9.99. The maximum Gasteiger partial charge on any atom is 0.329 e. The van der Waals surface area contributed by atoms with E-state index in [9.17, 15) is 18.8 Å². The molecule has 0 unspecified atom stereocenters. The number of hydrogen-bond acceptors (Lipinski definition) is 3. The highest BCUT2D eigenvalue weighted by Gasteiger charge is 2.40. The van der Waals surface area contributed by atoms with Crippen molar-refractivity contribution in [1.29, 1.82) is 0 Å². The van der Waals surface area contributed by atoms with E-state index in [0.717, 1.165) is 17.7 Å². The van der Waals surface area contributed by atoms with Crippen molar-refractivity contribution in [3.8, 4) is 0 Å². The summed E-state index contributed by atoms with van der Waals surface area (Å²) in [5.74, 6) is -0.602. The van der Waals surface area contributed by atoms with Gasteiger partial charge in [-0.3, -0.25) is 9.59 Å². The Bertz CT molecular complexity index is 662. The molecule has 3 rings (SSSR count). The first-order chi connectivity index (χ1) is 11.5. The van der Waals surface area contributed by atoms with Crippen LogP contribution in [0.2, 0.25) is 0 Å². The molecule has 2 aliphatic heterocycles. The predicted octanol–water partition coefficient (Wildman–Crippen LogP) is 1.90. The van der Waals surface area contributed by atoms with E-state index in [-0.39, 0.29) is 12.3 Å². The van der Waals surface area contributed by atoms with Crippen LogP contribution in [0.25, 0.3) is 0 Å². The summed E-state index contributed by atoms with van der Waals surface area (Å²) in [4.78, 5) is 39.6. The Hall–Kier alpha value is -2.44. The SMILES string of the molecule is C[C@H]1CCCN(C(=O)C[C@H]2NC(=O)N(c3ccc(F)cc3)C2=O)C1. The van der Waals surface area contributed by atoms with Crippen LogP contribution in [0, 0.1) is 11.7 Å². The van der Waals surface area contributed by atoms with Crippen LogP contribution in [0.4, 0.5) is 14.9 Å². The number of piperidine rings is 1. The van der Waals surface area contributed by atoms with E-state index in [1.165, 1.54) is 24.3 Å². The van der Waals surface area contributed by atoms with Crippen molar-refractivity contribution < 1.29 is 18.8 Å². The van der Waals surface area contributed by atoms with Gasteiger partial charge in [0.15, 0.2) is 0 Å². The number of carbonyl (C=O) groups is 3. The molecule has 0 aliphatic carbocycles. The molecular formula is C17H20FN3O3. The van der Waals surface area contributed by atoms with Crippen LogP contribution in [-0.4, -0.2) is 41.9 Å². The molecule has 1 N–H and O–H groups in total. The topological polar surface area (TPSA) is 69.7 Å². The molecule has 24 heavy (non-hydrogen) atoms. The highest BCUT2D eigenvalue weighted by molar-refractivity contribution is 6.22. The van der Waals surface area contributed by atoms with E-state index in [1.54, 1.807) is 4.90 Å². The number of imide groups is 1. The highest BCUT2D eigenvalue weighted by Crippen LogP contribution is 2.22. The quantitative estimate of drug-likeness (QED) is 0.859. The lowest BCUT2D eigenvalue weighted by Crippen LogP contribution is -2.43. The minimum Gasteiger partial charge on any atom is -0.342 e. The number of amides is 4. The van der Waals surface area contributed by atoms with Gasteiger partial charge in [0, 0.05) is 13.1 Å². The number of anilines is 1. The van der Waals surface area contributed by atoms with Crippen LogP contribution >= 0.6 is 0 Å². The van der Waals surface area contributed by atoms with Crippen LogP contribution in [0.15, 0.2) is 24.3 Å². The fourth-order valence-electron chi connectivity index (χ4n) is 3.22. The van der Waals surface area contributed by atoms with Crippen molar-refractivity contribution in [3.05, 3.63) is 30.1 Å². The van der Waals surface area contributed by atoms with Gasteiger partial charge in [-0.25, -0.2) is 14.1 Å². The summed E-state index contributed by atoms with van der Waals surface area (Å²) in [6.07, 6.45) is 2.01. The molecule has 0 spiro atoms. The zero-order valence-corrected chi connectivity index (χ0v) is 13.5. The molecule has 2 heterocycles. The molecule has 0 bridgehead atoms. The molecule has 4 amide bonds. The number of halogens is 1. The van der Waals surface area contributed by atoms with Gasteiger partial charge < -0.3 is 10.2 Å². The average molecular weight is 333 g/mol. The maximum atomic E-state index is 13.0. The zero-order chi connectivity index (χ0) is 17.3. The van der Waals surface area contributed by atoms with E-state index in [2.05, 4.69) is 12.2 Å². The third-order valence-electron chi connectivity index (χ3n) is 4.49. The van der Waals surface area contributed by atoms with Gasteiger partial charge in [0.1, 0.15) is 11.9 Å². The molecule has 6 nitrogen and oxygen atoms in total. The molecule has 7 heteroatoms. The number of hydrogen-bond donors (Lipinski definition) is 1. The van der Waals surface area contributed by atoms with E-state index in [1.807, 2.05) is 0 Å². The van der Waals surface area contributed by atoms with Crippen LogP contribution in [-0.2, 0) is 9.59 Å². The molecule has 128 valence electrons. The van der Waals surface area contributed by atoms with E-state index >= 15 is 0 Å². The van der Waals surface area contributed by atoms with E-state index in [0.29, 0.717) is 24.7 Å². The molecular weight excluding hydrogens is 313 g/mol. The first-order valence-corrected chi connectivity index (χ1v) is 8.13. The highest BCUT2D eigenvalue weighted by atomic mass is 19.1. The Labute approximate surface area is 139 Å². The Morgan fingerprint density at radius 2 is 2.00 bits per heavy atom. The monoisotopic (exact) mass is 333 g/mol. The van der Waals surface area contributed by atoms with Crippen LogP contribution in [0.3, 0.4) is 0 Å². The average Bonchev–Trinajstić information content (AvgIpc) is 2.82. The molecule has 1 aromatic carbocycles. The number of likely N-dealkylation sites (tertiary alicyclic amines) is 1. The van der Waals surface area contributed by atoms with Crippen molar-refractivity contribution in [1.82, 2.24) is 10.2 Å². The second-order valence-corrected chi connectivity index (χ2v) is 6.44. The minimum atomic E-state index is -0.868. The predicted molar refractivity (Wildman–Crippen MR) is 85.8 cm³/mol. The largest absolute Gasteiger partial charge is 0.342 e.